The molecule has 0 saturated heterocycles. The largest absolute Gasteiger partial charge is 1.00 e. The molecule has 1 heterocycles. The summed E-state index contributed by atoms with van der Waals surface area (Å²) in [4.78, 5) is 11.4. The zero-order valence-corrected chi connectivity index (χ0v) is 11.1. The number of anilines is 2. The summed E-state index contributed by atoms with van der Waals surface area (Å²) in [6, 6.07) is 7.18. The summed E-state index contributed by atoms with van der Waals surface area (Å²) in [6.45, 7) is 0. The van der Waals surface area contributed by atoms with Gasteiger partial charge in [-0.05, 0) is 35.3 Å². The maximum atomic E-state index is 5.95. The van der Waals surface area contributed by atoms with Gasteiger partial charge >= 0.3 is 18.9 Å². The molecule has 17 heavy (non-hydrogen) atoms. The van der Waals surface area contributed by atoms with Gasteiger partial charge < -0.3 is 6.74 Å². The summed E-state index contributed by atoms with van der Waals surface area (Å²) in [6.07, 6.45) is 0. The van der Waals surface area contributed by atoms with Crippen molar-refractivity contribution < 1.29 is 20.3 Å². The van der Waals surface area contributed by atoms with Crippen LogP contribution in [-0.4, -0.2) is 15.0 Å². The molecule has 0 unspecified atom stereocenters. The molecule has 0 bridgehead atoms. The van der Waals surface area contributed by atoms with Gasteiger partial charge in [-0.25, -0.2) is 0 Å². The molecule has 0 aliphatic carbocycles. The normalized spacial score (nSPS) is 9.59. The van der Waals surface area contributed by atoms with Crippen molar-refractivity contribution in [2.75, 3.05) is 5.32 Å². The van der Waals surface area contributed by atoms with Crippen molar-refractivity contribution in [3.8, 4) is 0 Å². The van der Waals surface area contributed by atoms with Crippen LogP contribution < -0.4 is 24.2 Å². The van der Waals surface area contributed by atoms with E-state index in [1.807, 2.05) is 12.1 Å². The molecule has 4 nitrogen and oxygen atoms in total. The van der Waals surface area contributed by atoms with E-state index in [9.17, 15) is 0 Å². The molecule has 0 fully saturated rings. The topological polar surface area (TPSA) is 50.7 Å². The van der Waals surface area contributed by atoms with Gasteiger partial charge in [-0.1, -0.05) is 23.7 Å². The Bertz CT molecular complexity index is 509. The quantitative estimate of drug-likeness (QED) is 0.824. The molecule has 1 N–H and O–H groups in total. The van der Waals surface area contributed by atoms with Gasteiger partial charge in [0.2, 0.25) is 16.5 Å². The summed E-state index contributed by atoms with van der Waals surface area (Å²) >= 11 is 17.2. The molecule has 2 rings (SSSR count). The van der Waals surface area contributed by atoms with E-state index in [1.54, 1.807) is 12.1 Å². The molecular formula is C9H6Cl3LiN4. The molecule has 84 valence electrons. The Morgan fingerprint density at radius 2 is 1.53 bits per heavy atom. The van der Waals surface area contributed by atoms with Crippen LogP contribution in [0.4, 0.5) is 11.6 Å². The monoisotopic (exact) mass is 282 g/mol. The summed E-state index contributed by atoms with van der Waals surface area (Å²) < 4.78 is 0. The minimum Gasteiger partial charge on any atom is -1.00 e. The second-order valence-corrected chi connectivity index (χ2v) is 3.89. The van der Waals surface area contributed by atoms with Crippen LogP contribution in [-0.2, 0) is 0 Å². The van der Waals surface area contributed by atoms with E-state index >= 15 is 0 Å². The fourth-order valence-corrected chi connectivity index (χ4v) is 1.61. The molecule has 0 saturated carbocycles. The van der Waals surface area contributed by atoms with Gasteiger partial charge in [-0.2, -0.15) is 15.0 Å². The predicted molar refractivity (Wildman–Crippen MR) is 65.7 cm³/mol. The average Bonchev–Trinajstić information content (AvgIpc) is 2.20. The van der Waals surface area contributed by atoms with Crippen LogP contribution in [0.2, 0.25) is 15.6 Å². The van der Waals surface area contributed by atoms with Crippen molar-refractivity contribution in [1.29, 1.82) is 0 Å². The molecule has 1 aromatic carbocycles. The predicted octanol–water partition coefficient (Wildman–Crippen LogP) is 0.692. The van der Waals surface area contributed by atoms with E-state index in [-0.39, 0.29) is 36.8 Å². The Balaban J connectivity index is 0.00000144. The van der Waals surface area contributed by atoms with E-state index in [4.69, 9.17) is 34.8 Å². The van der Waals surface area contributed by atoms with Gasteiger partial charge in [0.25, 0.3) is 0 Å². The van der Waals surface area contributed by atoms with Crippen LogP contribution >= 0.6 is 34.8 Å². The summed E-state index contributed by atoms with van der Waals surface area (Å²) in [7, 11) is 0. The van der Waals surface area contributed by atoms with Gasteiger partial charge in [0.15, 0.2) is 0 Å². The first-order chi connectivity index (χ1) is 7.65. The van der Waals surface area contributed by atoms with Crippen molar-refractivity contribution in [3.63, 3.8) is 0 Å². The SMILES string of the molecule is Clc1nc(Cl)nc(Nc2ccccc2Cl)n1.[H-].[Li+]. The van der Waals surface area contributed by atoms with Crippen molar-refractivity contribution >= 4 is 46.4 Å². The van der Waals surface area contributed by atoms with Gasteiger partial charge in [0.05, 0.1) is 10.7 Å². The molecule has 1 aromatic heterocycles. The van der Waals surface area contributed by atoms with E-state index < -0.39 is 0 Å². The number of rotatable bonds is 2. The number of nitrogens with zero attached hydrogens (tertiary/aromatic N) is 3. The average molecular weight is 283 g/mol. The summed E-state index contributed by atoms with van der Waals surface area (Å²) in [5, 5.41) is 3.49. The van der Waals surface area contributed by atoms with Crippen LogP contribution in [0, 0.1) is 0 Å². The second-order valence-electron chi connectivity index (χ2n) is 2.80. The van der Waals surface area contributed by atoms with E-state index in [0.717, 1.165) is 0 Å². The van der Waals surface area contributed by atoms with Gasteiger partial charge in [-0.15, -0.1) is 0 Å². The molecule has 2 aromatic rings. The van der Waals surface area contributed by atoms with E-state index in [0.29, 0.717) is 10.7 Å². The van der Waals surface area contributed by atoms with Crippen LogP contribution in [0.25, 0.3) is 0 Å². The second kappa shape index (κ2) is 6.44. The van der Waals surface area contributed by atoms with Gasteiger partial charge in [-0.3, -0.25) is 0 Å². The summed E-state index contributed by atoms with van der Waals surface area (Å²) in [5.74, 6) is 0.248. The maximum Gasteiger partial charge on any atom is 1.00 e. The Morgan fingerprint density at radius 3 is 2.12 bits per heavy atom. The Kier molecular flexibility index (Phi) is 5.51. The number of benzene rings is 1. The standard InChI is InChI=1S/C9H5Cl3N4.Li.H/c10-5-3-1-2-4-6(5)13-9-15-7(11)14-8(12)16-9;;/h1-4H,(H,13,14,15,16);;/q;+1;-1. The van der Waals surface area contributed by atoms with Crippen molar-refractivity contribution in [2.24, 2.45) is 0 Å². The zero-order chi connectivity index (χ0) is 11.5. The van der Waals surface area contributed by atoms with Crippen molar-refractivity contribution in [3.05, 3.63) is 39.9 Å². The molecule has 0 spiro atoms. The maximum absolute atomic E-state index is 5.95. The van der Waals surface area contributed by atoms with Crippen LogP contribution in [0.15, 0.2) is 24.3 Å². The first-order valence-electron chi connectivity index (χ1n) is 4.24. The molecular weight excluding hydrogens is 277 g/mol. The number of para-hydroxylation sites is 1. The molecule has 0 aliphatic rings. The van der Waals surface area contributed by atoms with E-state index in [2.05, 4.69) is 20.3 Å². The molecule has 8 heteroatoms. The van der Waals surface area contributed by atoms with Gasteiger partial charge in [0, 0.05) is 0 Å². The number of aromatic nitrogens is 3. The Hall–Kier alpha value is -0.503. The first kappa shape index (κ1) is 14.6. The number of hydrogen-bond acceptors (Lipinski definition) is 4. The fraction of sp³-hybridized carbons (Fsp3) is 0. The smallest absolute Gasteiger partial charge is 1.00 e. The Labute approximate surface area is 126 Å². The third kappa shape index (κ3) is 4.02. The van der Waals surface area contributed by atoms with Crippen LogP contribution in [0.3, 0.4) is 0 Å². The molecule has 0 aliphatic heterocycles. The third-order valence-corrected chi connectivity index (χ3v) is 2.37. The van der Waals surface area contributed by atoms with Crippen molar-refractivity contribution in [1.82, 2.24) is 15.0 Å². The zero-order valence-electron chi connectivity index (χ0n) is 9.78. The first-order valence-corrected chi connectivity index (χ1v) is 5.37. The number of halogens is 3. The molecule has 0 atom stereocenters. The fourth-order valence-electron chi connectivity index (χ4n) is 1.06. The van der Waals surface area contributed by atoms with Crippen LogP contribution in [0.5, 0.6) is 0 Å². The molecule has 0 radical (unpaired) electrons. The van der Waals surface area contributed by atoms with Crippen molar-refractivity contribution in [2.45, 2.75) is 0 Å². The van der Waals surface area contributed by atoms with Gasteiger partial charge in [0.1, 0.15) is 0 Å². The minimum absolute atomic E-state index is 0. The molecule has 0 amide bonds. The minimum atomic E-state index is 0. The number of hydrogen-bond donors (Lipinski definition) is 1. The third-order valence-electron chi connectivity index (χ3n) is 1.70. The van der Waals surface area contributed by atoms with Crippen LogP contribution in [0.1, 0.15) is 1.43 Å². The Morgan fingerprint density at radius 1 is 0.941 bits per heavy atom. The number of nitrogens with one attached hydrogen (secondary N) is 1. The van der Waals surface area contributed by atoms with E-state index in [1.165, 1.54) is 0 Å². The summed E-state index contributed by atoms with van der Waals surface area (Å²) in [5.41, 5.74) is 0.669.